The van der Waals surface area contributed by atoms with E-state index in [1.54, 1.807) is 4.31 Å². The van der Waals surface area contributed by atoms with Crippen LogP contribution in [0.15, 0.2) is 29.1 Å². The lowest BCUT2D eigenvalue weighted by molar-refractivity contribution is 0.181. The molecule has 0 atom stereocenters. The monoisotopic (exact) mass is 377 g/mol. The first-order chi connectivity index (χ1) is 12.4. The van der Waals surface area contributed by atoms with Crippen LogP contribution in [0.1, 0.15) is 30.9 Å². The minimum absolute atomic E-state index is 0.0684. The van der Waals surface area contributed by atoms with Crippen LogP contribution >= 0.6 is 0 Å². The van der Waals surface area contributed by atoms with E-state index >= 15 is 0 Å². The van der Waals surface area contributed by atoms with Crippen molar-refractivity contribution in [2.75, 3.05) is 31.9 Å². The maximum atomic E-state index is 12.4. The van der Waals surface area contributed by atoms with Crippen molar-refractivity contribution < 1.29 is 8.42 Å². The predicted octanol–water partition coefficient (Wildman–Crippen LogP) is 2.08. The van der Waals surface area contributed by atoms with Crippen molar-refractivity contribution in [1.82, 2.24) is 14.2 Å². The number of aromatic amines is 1. The fourth-order valence-corrected chi connectivity index (χ4v) is 4.97. The molecule has 0 radical (unpaired) electrons. The molecule has 0 amide bonds. The normalized spacial score (nSPS) is 17.0. The van der Waals surface area contributed by atoms with E-state index in [1.807, 2.05) is 38.1 Å². The quantitative estimate of drug-likeness (QED) is 0.837. The van der Waals surface area contributed by atoms with Crippen LogP contribution in [0.3, 0.4) is 0 Å². The number of nitrogens with one attached hydrogen (secondary N) is 1. The first kappa shape index (κ1) is 19.1. The summed E-state index contributed by atoms with van der Waals surface area (Å²) in [7, 11) is -3.14. The second-order valence-electron chi connectivity index (χ2n) is 7.06. The molecule has 3 rings (SSSR count). The minimum atomic E-state index is -3.14. The van der Waals surface area contributed by atoms with Gasteiger partial charge in [0.1, 0.15) is 0 Å². The highest BCUT2D eigenvalue weighted by atomic mass is 32.2. The number of aromatic nitrogens is 1. The Labute approximate surface area is 154 Å². The smallest absolute Gasteiger partial charge is 0.252 e. The summed E-state index contributed by atoms with van der Waals surface area (Å²) in [5, 5.41) is 1.02. The van der Waals surface area contributed by atoms with E-state index in [0.29, 0.717) is 39.1 Å². The maximum Gasteiger partial charge on any atom is 0.252 e. The molecule has 6 nitrogen and oxygen atoms in total. The van der Waals surface area contributed by atoms with Gasteiger partial charge in [0.2, 0.25) is 10.0 Å². The van der Waals surface area contributed by atoms with Crippen molar-refractivity contribution in [2.24, 2.45) is 0 Å². The van der Waals surface area contributed by atoms with Gasteiger partial charge in [0, 0.05) is 43.8 Å². The number of H-pyrrole nitrogens is 1. The van der Waals surface area contributed by atoms with Gasteiger partial charge in [-0.1, -0.05) is 25.5 Å². The Morgan fingerprint density at radius 3 is 2.54 bits per heavy atom. The molecule has 7 heteroatoms. The van der Waals surface area contributed by atoms with Crippen LogP contribution in [-0.4, -0.2) is 54.5 Å². The maximum absolute atomic E-state index is 12.4. The highest BCUT2D eigenvalue weighted by Crippen LogP contribution is 2.15. The molecule has 0 spiro atoms. The molecule has 26 heavy (non-hydrogen) atoms. The molecule has 1 aromatic carbocycles. The number of sulfonamides is 1. The molecule has 1 fully saturated rings. The fraction of sp³-hybridized carbons (Fsp3) is 0.526. The van der Waals surface area contributed by atoms with Gasteiger partial charge in [-0.15, -0.1) is 0 Å². The van der Waals surface area contributed by atoms with Gasteiger partial charge in [0.25, 0.3) is 5.56 Å². The fourth-order valence-electron chi connectivity index (χ4n) is 3.34. The number of hydrogen-bond donors (Lipinski definition) is 1. The van der Waals surface area contributed by atoms with Gasteiger partial charge in [-0.25, -0.2) is 8.42 Å². The molecule has 142 valence electrons. The lowest BCUT2D eigenvalue weighted by atomic mass is 10.1. The number of nitrogens with zero attached hydrogens (tertiary/aromatic N) is 2. The van der Waals surface area contributed by atoms with Crippen molar-refractivity contribution in [3.05, 3.63) is 45.7 Å². The zero-order chi connectivity index (χ0) is 18.7. The molecule has 2 heterocycles. The van der Waals surface area contributed by atoms with Crippen molar-refractivity contribution in [3.63, 3.8) is 0 Å². The van der Waals surface area contributed by atoms with Crippen LogP contribution in [-0.2, 0) is 16.6 Å². The average molecular weight is 378 g/mol. The highest BCUT2D eigenvalue weighted by molar-refractivity contribution is 7.89. The second kappa shape index (κ2) is 7.90. The van der Waals surface area contributed by atoms with Gasteiger partial charge in [0.05, 0.1) is 5.75 Å². The summed E-state index contributed by atoms with van der Waals surface area (Å²) in [4.78, 5) is 17.5. The molecule has 1 aliphatic heterocycles. The Morgan fingerprint density at radius 2 is 1.85 bits per heavy atom. The Hall–Kier alpha value is -1.70. The molecular formula is C19H27N3O3S. The molecule has 2 aromatic rings. The average Bonchev–Trinajstić information content (AvgIpc) is 2.61. The number of rotatable bonds is 6. The van der Waals surface area contributed by atoms with Crippen molar-refractivity contribution in [2.45, 2.75) is 33.2 Å². The zero-order valence-electron chi connectivity index (χ0n) is 15.5. The van der Waals surface area contributed by atoms with Crippen molar-refractivity contribution >= 4 is 20.9 Å². The van der Waals surface area contributed by atoms with Crippen LogP contribution < -0.4 is 5.56 Å². The summed E-state index contributed by atoms with van der Waals surface area (Å²) < 4.78 is 26.2. The summed E-state index contributed by atoms with van der Waals surface area (Å²) in [6.07, 6.45) is 1.58. The summed E-state index contributed by atoms with van der Waals surface area (Å²) in [6.45, 7) is 6.83. The van der Waals surface area contributed by atoms with E-state index in [2.05, 4.69) is 9.88 Å². The van der Waals surface area contributed by atoms with E-state index in [0.717, 1.165) is 28.5 Å². The minimum Gasteiger partial charge on any atom is -0.322 e. The zero-order valence-corrected chi connectivity index (χ0v) is 16.3. The van der Waals surface area contributed by atoms with Crippen molar-refractivity contribution in [1.29, 1.82) is 0 Å². The first-order valence-electron chi connectivity index (χ1n) is 9.22. The van der Waals surface area contributed by atoms with Crippen LogP contribution in [0.5, 0.6) is 0 Å². The van der Waals surface area contributed by atoms with Gasteiger partial charge in [-0.2, -0.15) is 4.31 Å². The third-order valence-corrected chi connectivity index (χ3v) is 6.91. The summed E-state index contributed by atoms with van der Waals surface area (Å²) in [6, 6.07) is 7.96. The number of fused-ring (bicyclic) bond motifs is 1. The van der Waals surface area contributed by atoms with E-state index < -0.39 is 10.0 Å². The summed E-state index contributed by atoms with van der Waals surface area (Å²) >= 11 is 0. The lowest BCUT2D eigenvalue weighted by Gasteiger charge is -2.33. The van der Waals surface area contributed by atoms with E-state index in [9.17, 15) is 13.2 Å². The Balaban J connectivity index is 1.66. The third kappa shape index (κ3) is 4.34. The summed E-state index contributed by atoms with van der Waals surface area (Å²) in [5.74, 6) is 0.229. The highest BCUT2D eigenvalue weighted by Gasteiger charge is 2.26. The number of benzene rings is 1. The number of aryl methyl sites for hydroxylation is 1. The largest absolute Gasteiger partial charge is 0.322 e. The first-order valence-corrected chi connectivity index (χ1v) is 10.8. The number of piperazine rings is 1. The molecule has 0 bridgehead atoms. The van der Waals surface area contributed by atoms with E-state index in [4.69, 9.17) is 0 Å². The van der Waals surface area contributed by atoms with Crippen molar-refractivity contribution in [3.8, 4) is 0 Å². The molecule has 1 aromatic heterocycles. The topological polar surface area (TPSA) is 73.5 Å². The lowest BCUT2D eigenvalue weighted by Crippen LogP contribution is -2.49. The van der Waals surface area contributed by atoms with Crippen LogP contribution in [0.2, 0.25) is 0 Å². The number of unbranched alkanes of at least 4 members (excludes halogenated alkanes) is 1. The second-order valence-corrected chi connectivity index (χ2v) is 9.15. The van der Waals surface area contributed by atoms with E-state index in [1.165, 1.54) is 0 Å². The Kier molecular flexibility index (Phi) is 5.79. The molecule has 0 unspecified atom stereocenters. The SMILES string of the molecule is CCCCS(=O)(=O)N1CCN(Cc2cc3ccc(C)cc3[nH]c2=O)CC1. The number of pyridine rings is 1. The number of hydrogen-bond acceptors (Lipinski definition) is 4. The third-order valence-electron chi connectivity index (χ3n) is 4.95. The van der Waals surface area contributed by atoms with Gasteiger partial charge in [0.15, 0.2) is 0 Å². The molecule has 0 aliphatic carbocycles. The van der Waals surface area contributed by atoms with Gasteiger partial charge < -0.3 is 4.98 Å². The van der Waals surface area contributed by atoms with Crippen LogP contribution in [0.25, 0.3) is 10.9 Å². The van der Waals surface area contributed by atoms with Gasteiger partial charge in [-0.3, -0.25) is 9.69 Å². The Bertz CT molecular complexity index is 929. The van der Waals surface area contributed by atoms with E-state index in [-0.39, 0.29) is 11.3 Å². The van der Waals surface area contributed by atoms with Gasteiger partial charge in [-0.05, 0) is 36.4 Å². The molecular weight excluding hydrogens is 350 g/mol. The van der Waals surface area contributed by atoms with Crippen LogP contribution in [0, 0.1) is 6.92 Å². The molecule has 1 aliphatic rings. The van der Waals surface area contributed by atoms with Gasteiger partial charge >= 0.3 is 0 Å². The summed E-state index contributed by atoms with van der Waals surface area (Å²) in [5.41, 5.74) is 2.62. The molecule has 0 saturated carbocycles. The molecule has 1 N–H and O–H groups in total. The van der Waals surface area contributed by atoms with Crippen LogP contribution in [0.4, 0.5) is 0 Å². The standard InChI is InChI=1S/C19H27N3O3S/c1-3-4-11-26(24,25)22-9-7-21(8-10-22)14-17-13-16-6-5-15(2)12-18(16)20-19(17)23/h5-6,12-13H,3-4,7-11,14H2,1-2H3,(H,20,23). The Morgan fingerprint density at radius 1 is 1.12 bits per heavy atom. The molecule has 1 saturated heterocycles. The predicted molar refractivity (Wildman–Crippen MR) is 105 cm³/mol.